The van der Waals surface area contributed by atoms with Crippen LogP contribution in [0.2, 0.25) is 0 Å². The predicted molar refractivity (Wildman–Crippen MR) is 72.2 cm³/mol. The third kappa shape index (κ3) is 2.47. The lowest BCUT2D eigenvalue weighted by Crippen LogP contribution is -1.91. The largest absolute Gasteiger partial charge is 0.496 e. The van der Waals surface area contributed by atoms with Gasteiger partial charge < -0.3 is 9.47 Å². The summed E-state index contributed by atoms with van der Waals surface area (Å²) in [6, 6.07) is 15.5. The van der Waals surface area contributed by atoms with Gasteiger partial charge in [0.25, 0.3) is 0 Å². The number of methoxy groups -OCH3 is 1. The van der Waals surface area contributed by atoms with Gasteiger partial charge >= 0.3 is 0 Å². The van der Waals surface area contributed by atoms with Crippen molar-refractivity contribution in [1.29, 1.82) is 0 Å². The van der Waals surface area contributed by atoms with Gasteiger partial charge in [0.1, 0.15) is 17.2 Å². The molecule has 0 aliphatic heterocycles. The van der Waals surface area contributed by atoms with Crippen molar-refractivity contribution >= 4 is 22.6 Å². The summed E-state index contributed by atoms with van der Waals surface area (Å²) in [6.45, 7) is 0. The van der Waals surface area contributed by atoms with Gasteiger partial charge in [-0.05, 0) is 46.9 Å². The van der Waals surface area contributed by atoms with Crippen LogP contribution in [0.25, 0.3) is 0 Å². The minimum Gasteiger partial charge on any atom is -0.496 e. The molecule has 0 spiro atoms. The zero-order chi connectivity index (χ0) is 11.4. The second kappa shape index (κ2) is 5.21. The van der Waals surface area contributed by atoms with Crippen LogP contribution in [0.3, 0.4) is 0 Å². The lowest BCUT2D eigenvalue weighted by Gasteiger charge is -2.10. The van der Waals surface area contributed by atoms with Gasteiger partial charge in [-0.1, -0.05) is 24.3 Å². The molecule has 0 aliphatic carbocycles. The molecular formula is C13H11IO2. The van der Waals surface area contributed by atoms with Crippen molar-refractivity contribution in [3.8, 4) is 17.2 Å². The maximum absolute atomic E-state index is 5.76. The van der Waals surface area contributed by atoms with Gasteiger partial charge in [0.05, 0.1) is 10.7 Å². The van der Waals surface area contributed by atoms with Crippen molar-refractivity contribution in [1.82, 2.24) is 0 Å². The monoisotopic (exact) mass is 326 g/mol. The molecule has 3 heteroatoms. The van der Waals surface area contributed by atoms with Crippen LogP contribution < -0.4 is 9.47 Å². The maximum atomic E-state index is 5.76. The Bertz CT molecular complexity index is 469. The number of benzene rings is 2. The Hall–Kier alpha value is -1.23. The number of hydrogen-bond acceptors (Lipinski definition) is 2. The summed E-state index contributed by atoms with van der Waals surface area (Å²) in [6.07, 6.45) is 0. The molecule has 2 aromatic rings. The van der Waals surface area contributed by atoms with Gasteiger partial charge in [0, 0.05) is 0 Å². The van der Waals surface area contributed by atoms with Gasteiger partial charge in [0.2, 0.25) is 0 Å². The maximum Gasteiger partial charge on any atom is 0.144 e. The quantitative estimate of drug-likeness (QED) is 0.791. The Morgan fingerprint density at radius 2 is 1.56 bits per heavy atom. The fraction of sp³-hybridized carbons (Fsp3) is 0.0769. The fourth-order valence-corrected chi connectivity index (χ4v) is 2.03. The van der Waals surface area contributed by atoms with E-state index in [2.05, 4.69) is 22.6 Å². The average Bonchev–Trinajstić information content (AvgIpc) is 2.33. The Morgan fingerprint density at radius 1 is 0.875 bits per heavy atom. The molecule has 0 atom stereocenters. The Kier molecular flexibility index (Phi) is 3.66. The first-order valence-electron chi connectivity index (χ1n) is 4.86. The van der Waals surface area contributed by atoms with E-state index in [1.165, 1.54) is 0 Å². The second-order valence-electron chi connectivity index (χ2n) is 3.19. The number of para-hydroxylation sites is 1. The first kappa shape index (κ1) is 11.3. The predicted octanol–water partition coefficient (Wildman–Crippen LogP) is 4.09. The van der Waals surface area contributed by atoms with E-state index < -0.39 is 0 Å². The zero-order valence-corrected chi connectivity index (χ0v) is 11.0. The van der Waals surface area contributed by atoms with Gasteiger partial charge in [-0.15, -0.1) is 0 Å². The van der Waals surface area contributed by atoms with Crippen LogP contribution in [0.4, 0.5) is 0 Å². The van der Waals surface area contributed by atoms with Crippen molar-refractivity contribution in [3.63, 3.8) is 0 Å². The minimum atomic E-state index is 0.811. The molecule has 82 valence electrons. The molecule has 0 fully saturated rings. The molecule has 0 unspecified atom stereocenters. The molecule has 0 saturated carbocycles. The summed E-state index contributed by atoms with van der Waals surface area (Å²) in [5, 5.41) is 0. The van der Waals surface area contributed by atoms with Gasteiger partial charge in [-0.25, -0.2) is 0 Å². The molecule has 16 heavy (non-hydrogen) atoms. The molecule has 0 N–H and O–H groups in total. The molecule has 0 aliphatic rings. The minimum absolute atomic E-state index is 0.811. The molecule has 0 bridgehead atoms. The first-order valence-corrected chi connectivity index (χ1v) is 5.94. The van der Waals surface area contributed by atoms with Crippen LogP contribution in [0.5, 0.6) is 17.2 Å². The highest BCUT2D eigenvalue weighted by Gasteiger charge is 2.07. The van der Waals surface area contributed by atoms with Crippen molar-refractivity contribution in [2.24, 2.45) is 0 Å². The van der Waals surface area contributed by atoms with Crippen LogP contribution in [0.1, 0.15) is 0 Å². The van der Waals surface area contributed by atoms with E-state index in [0.29, 0.717) is 0 Å². The standard InChI is InChI=1S/C13H11IO2/c1-15-11-8-5-9-12(13(11)14)16-10-6-3-2-4-7-10/h2-9H,1H3. The van der Waals surface area contributed by atoms with E-state index in [9.17, 15) is 0 Å². The van der Waals surface area contributed by atoms with Gasteiger partial charge in [0.15, 0.2) is 0 Å². The summed E-state index contributed by atoms with van der Waals surface area (Å²) in [5.74, 6) is 2.47. The molecule has 2 rings (SSSR count). The lowest BCUT2D eigenvalue weighted by atomic mass is 10.3. The molecular weight excluding hydrogens is 315 g/mol. The SMILES string of the molecule is COc1cccc(Oc2ccccc2)c1I. The molecule has 0 amide bonds. The smallest absolute Gasteiger partial charge is 0.144 e. The Labute approximate surface area is 108 Å². The number of hydrogen-bond donors (Lipinski definition) is 0. The highest BCUT2D eigenvalue weighted by Crippen LogP contribution is 2.32. The summed E-state index contributed by atoms with van der Waals surface area (Å²) >= 11 is 2.22. The van der Waals surface area contributed by atoms with Crippen LogP contribution in [-0.2, 0) is 0 Å². The van der Waals surface area contributed by atoms with Gasteiger partial charge in [-0.3, -0.25) is 0 Å². The summed E-state index contributed by atoms with van der Waals surface area (Å²) in [4.78, 5) is 0. The van der Waals surface area contributed by atoms with Crippen molar-refractivity contribution < 1.29 is 9.47 Å². The van der Waals surface area contributed by atoms with Crippen LogP contribution in [-0.4, -0.2) is 7.11 Å². The van der Waals surface area contributed by atoms with Crippen molar-refractivity contribution in [3.05, 3.63) is 52.1 Å². The molecule has 0 heterocycles. The van der Waals surface area contributed by atoms with E-state index in [-0.39, 0.29) is 0 Å². The highest BCUT2D eigenvalue weighted by atomic mass is 127. The second-order valence-corrected chi connectivity index (χ2v) is 4.27. The average molecular weight is 326 g/mol. The van der Waals surface area contributed by atoms with E-state index in [0.717, 1.165) is 20.8 Å². The fourth-order valence-electron chi connectivity index (χ4n) is 1.34. The molecule has 0 aromatic heterocycles. The molecule has 2 aromatic carbocycles. The zero-order valence-electron chi connectivity index (χ0n) is 8.81. The molecule has 0 saturated heterocycles. The van der Waals surface area contributed by atoms with Gasteiger partial charge in [-0.2, -0.15) is 0 Å². The van der Waals surface area contributed by atoms with E-state index >= 15 is 0 Å². The molecule has 2 nitrogen and oxygen atoms in total. The van der Waals surface area contributed by atoms with Crippen LogP contribution >= 0.6 is 22.6 Å². The third-order valence-corrected chi connectivity index (χ3v) is 3.18. The van der Waals surface area contributed by atoms with Crippen LogP contribution in [0, 0.1) is 3.57 Å². The lowest BCUT2D eigenvalue weighted by molar-refractivity contribution is 0.404. The summed E-state index contributed by atoms with van der Waals surface area (Å²) < 4.78 is 12.0. The van der Waals surface area contributed by atoms with Crippen molar-refractivity contribution in [2.45, 2.75) is 0 Å². The van der Waals surface area contributed by atoms with E-state index in [1.807, 2.05) is 48.5 Å². The van der Waals surface area contributed by atoms with Crippen LogP contribution in [0.15, 0.2) is 48.5 Å². The first-order chi connectivity index (χ1) is 7.81. The topological polar surface area (TPSA) is 18.5 Å². The van der Waals surface area contributed by atoms with E-state index in [1.54, 1.807) is 7.11 Å². The third-order valence-electron chi connectivity index (χ3n) is 2.12. The molecule has 0 radical (unpaired) electrons. The Morgan fingerprint density at radius 3 is 2.25 bits per heavy atom. The number of halogens is 1. The number of ether oxygens (including phenoxy) is 2. The summed E-state index contributed by atoms with van der Waals surface area (Å²) in [5.41, 5.74) is 0. The Balaban J connectivity index is 2.28. The van der Waals surface area contributed by atoms with E-state index in [4.69, 9.17) is 9.47 Å². The highest BCUT2D eigenvalue weighted by molar-refractivity contribution is 14.1. The van der Waals surface area contributed by atoms with Crippen molar-refractivity contribution in [2.75, 3.05) is 7.11 Å². The summed E-state index contributed by atoms with van der Waals surface area (Å²) in [7, 11) is 1.66. The normalized spacial score (nSPS) is 9.88. The number of rotatable bonds is 3.